The molecule has 1 aliphatic rings. The molecule has 21 heavy (non-hydrogen) atoms. The number of alkyl halides is 3. The van der Waals surface area contributed by atoms with Gasteiger partial charge in [-0.3, -0.25) is 10.1 Å². The zero-order chi connectivity index (χ0) is 15.8. The largest absolute Gasteiger partial charge is 0.416 e. The van der Waals surface area contributed by atoms with Crippen molar-refractivity contribution >= 4 is 11.4 Å². The average Bonchev–Trinajstić information content (AvgIpc) is 2.69. The van der Waals surface area contributed by atoms with Crippen molar-refractivity contribution in [2.75, 3.05) is 5.32 Å². The summed E-state index contributed by atoms with van der Waals surface area (Å²) in [7, 11) is 0. The number of hydrogen-bond acceptors (Lipinski definition) is 3. The highest BCUT2D eigenvalue weighted by Crippen LogP contribution is 2.38. The number of nitro groups is 1. The van der Waals surface area contributed by atoms with Crippen LogP contribution in [0.5, 0.6) is 0 Å². The van der Waals surface area contributed by atoms with E-state index in [2.05, 4.69) is 12.2 Å². The van der Waals surface area contributed by atoms with Crippen LogP contribution in [-0.4, -0.2) is 11.0 Å². The second-order valence-corrected chi connectivity index (χ2v) is 5.65. The zero-order valence-electron chi connectivity index (χ0n) is 11.8. The first-order chi connectivity index (χ1) is 9.70. The van der Waals surface area contributed by atoms with E-state index in [9.17, 15) is 23.3 Å². The summed E-state index contributed by atoms with van der Waals surface area (Å²) in [5.41, 5.74) is -1.39. The molecule has 1 aromatic rings. The van der Waals surface area contributed by atoms with Crippen LogP contribution in [0.2, 0.25) is 0 Å². The molecule has 0 saturated heterocycles. The van der Waals surface area contributed by atoms with E-state index in [0.717, 1.165) is 25.0 Å². The molecule has 0 aliphatic heterocycles. The first-order valence-corrected chi connectivity index (χ1v) is 6.82. The van der Waals surface area contributed by atoms with Crippen LogP contribution < -0.4 is 5.32 Å². The highest BCUT2D eigenvalue weighted by molar-refractivity contribution is 5.63. The van der Waals surface area contributed by atoms with Crippen LogP contribution in [0, 0.1) is 22.0 Å². The second-order valence-electron chi connectivity index (χ2n) is 5.65. The summed E-state index contributed by atoms with van der Waals surface area (Å²) in [5.74, 6) is 0.822. The smallest absolute Gasteiger partial charge is 0.376 e. The number of nitrogens with zero attached hydrogens (tertiary/aromatic N) is 1. The molecule has 3 unspecified atom stereocenters. The van der Waals surface area contributed by atoms with Gasteiger partial charge < -0.3 is 5.32 Å². The fourth-order valence-electron chi connectivity index (χ4n) is 2.75. The summed E-state index contributed by atoms with van der Waals surface area (Å²) < 4.78 is 37.9. The van der Waals surface area contributed by atoms with Crippen LogP contribution in [0.4, 0.5) is 24.5 Å². The van der Waals surface area contributed by atoms with Crippen molar-refractivity contribution in [2.24, 2.45) is 11.8 Å². The molecule has 1 N–H and O–H groups in total. The minimum atomic E-state index is -4.58. The Labute approximate surface area is 120 Å². The molecule has 1 aliphatic carbocycles. The van der Waals surface area contributed by atoms with Gasteiger partial charge in [-0.25, -0.2) is 0 Å². The SMILES string of the molecule is CC1CCC(Nc2ccc(C(F)(F)F)cc2[N+](=O)[O-])C1C. The predicted molar refractivity (Wildman–Crippen MR) is 73.1 cm³/mol. The number of hydrogen-bond donors (Lipinski definition) is 1. The van der Waals surface area contributed by atoms with Gasteiger partial charge in [0.15, 0.2) is 0 Å². The third-order valence-electron chi connectivity index (χ3n) is 4.33. The third kappa shape index (κ3) is 3.28. The van der Waals surface area contributed by atoms with E-state index >= 15 is 0 Å². The summed E-state index contributed by atoms with van der Waals surface area (Å²) in [6.45, 7) is 4.15. The Kier molecular flexibility index (Phi) is 4.11. The van der Waals surface area contributed by atoms with E-state index < -0.39 is 22.4 Å². The lowest BCUT2D eigenvalue weighted by molar-refractivity contribution is -0.384. The van der Waals surface area contributed by atoms with E-state index in [1.165, 1.54) is 0 Å². The minimum Gasteiger partial charge on any atom is -0.376 e. The molecule has 1 saturated carbocycles. The fourth-order valence-corrected chi connectivity index (χ4v) is 2.75. The molecule has 116 valence electrons. The molecule has 2 rings (SSSR count). The lowest BCUT2D eigenvalue weighted by atomic mass is 9.97. The number of nitrogens with one attached hydrogen (secondary N) is 1. The Hall–Kier alpha value is -1.79. The summed E-state index contributed by atoms with van der Waals surface area (Å²) >= 11 is 0. The molecule has 0 aromatic heterocycles. The average molecular weight is 302 g/mol. The van der Waals surface area contributed by atoms with Crippen molar-refractivity contribution in [3.8, 4) is 0 Å². The Bertz CT molecular complexity index is 546. The molecule has 0 heterocycles. The standard InChI is InChI=1S/C14H17F3N2O2/c1-8-3-5-11(9(8)2)18-12-6-4-10(14(15,16)17)7-13(12)19(20)21/h4,6-9,11,18H,3,5H2,1-2H3. The highest BCUT2D eigenvalue weighted by Gasteiger charge is 2.34. The topological polar surface area (TPSA) is 55.2 Å². The van der Waals surface area contributed by atoms with Crippen molar-refractivity contribution in [3.63, 3.8) is 0 Å². The Morgan fingerprint density at radius 1 is 1.29 bits per heavy atom. The minimum absolute atomic E-state index is 0.0513. The van der Waals surface area contributed by atoms with Crippen molar-refractivity contribution in [1.29, 1.82) is 0 Å². The van der Waals surface area contributed by atoms with Gasteiger partial charge in [-0.15, -0.1) is 0 Å². The van der Waals surface area contributed by atoms with E-state index in [1.807, 2.05) is 6.92 Å². The Morgan fingerprint density at radius 3 is 2.43 bits per heavy atom. The molecule has 1 fully saturated rings. The molecular weight excluding hydrogens is 285 g/mol. The van der Waals surface area contributed by atoms with Crippen molar-refractivity contribution in [2.45, 2.75) is 38.9 Å². The molecule has 1 aromatic carbocycles. The zero-order valence-corrected chi connectivity index (χ0v) is 11.8. The number of anilines is 1. The molecule has 3 atom stereocenters. The van der Waals surface area contributed by atoms with Crippen LogP contribution in [0.1, 0.15) is 32.3 Å². The van der Waals surface area contributed by atoms with Gasteiger partial charge in [0.1, 0.15) is 5.69 Å². The van der Waals surface area contributed by atoms with Crippen LogP contribution in [0.15, 0.2) is 18.2 Å². The van der Waals surface area contributed by atoms with Crippen LogP contribution in [-0.2, 0) is 6.18 Å². The summed E-state index contributed by atoms with van der Waals surface area (Å²) in [6.07, 6.45) is -2.72. The van der Waals surface area contributed by atoms with Crippen LogP contribution in [0.3, 0.4) is 0 Å². The molecular formula is C14H17F3N2O2. The lowest BCUT2D eigenvalue weighted by Gasteiger charge is -2.21. The van der Waals surface area contributed by atoms with Crippen LogP contribution >= 0.6 is 0 Å². The third-order valence-corrected chi connectivity index (χ3v) is 4.33. The lowest BCUT2D eigenvalue weighted by Crippen LogP contribution is -2.24. The maximum Gasteiger partial charge on any atom is 0.416 e. The Morgan fingerprint density at radius 2 is 1.95 bits per heavy atom. The Balaban J connectivity index is 2.29. The van der Waals surface area contributed by atoms with Gasteiger partial charge in [-0.05, 0) is 36.8 Å². The van der Waals surface area contributed by atoms with Gasteiger partial charge >= 0.3 is 6.18 Å². The second kappa shape index (κ2) is 5.54. The van der Waals surface area contributed by atoms with Gasteiger partial charge in [-0.1, -0.05) is 13.8 Å². The number of rotatable bonds is 3. The van der Waals surface area contributed by atoms with Crippen molar-refractivity contribution < 1.29 is 18.1 Å². The number of benzene rings is 1. The van der Waals surface area contributed by atoms with Crippen LogP contribution in [0.25, 0.3) is 0 Å². The molecule has 4 nitrogen and oxygen atoms in total. The quantitative estimate of drug-likeness (QED) is 0.662. The predicted octanol–water partition coefficient (Wildman–Crippen LogP) is 4.46. The molecule has 0 bridgehead atoms. The van der Waals surface area contributed by atoms with E-state index in [-0.39, 0.29) is 11.7 Å². The molecule has 0 amide bonds. The summed E-state index contributed by atoms with van der Waals surface area (Å²) in [5, 5.41) is 14.1. The molecule has 0 spiro atoms. The van der Waals surface area contributed by atoms with Gasteiger partial charge in [0, 0.05) is 12.1 Å². The van der Waals surface area contributed by atoms with Gasteiger partial charge in [0.2, 0.25) is 0 Å². The normalized spacial score (nSPS) is 25.9. The van der Waals surface area contributed by atoms with Gasteiger partial charge in [-0.2, -0.15) is 13.2 Å². The fraction of sp³-hybridized carbons (Fsp3) is 0.571. The summed E-state index contributed by atoms with van der Waals surface area (Å²) in [4.78, 5) is 10.2. The van der Waals surface area contributed by atoms with Crippen molar-refractivity contribution in [1.82, 2.24) is 0 Å². The maximum absolute atomic E-state index is 12.6. The monoisotopic (exact) mass is 302 g/mol. The van der Waals surface area contributed by atoms with E-state index in [0.29, 0.717) is 17.9 Å². The number of nitro benzene ring substituents is 1. The van der Waals surface area contributed by atoms with Gasteiger partial charge in [0.25, 0.3) is 5.69 Å². The number of halogens is 3. The molecule has 7 heteroatoms. The van der Waals surface area contributed by atoms with Gasteiger partial charge in [0.05, 0.1) is 10.5 Å². The first-order valence-electron chi connectivity index (χ1n) is 6.82. The first kappa shape index (κ1) is 15.6. The molecule has 0 radical (unpaired) electrons. The van der Waals surface area contributed by atoms with Crippen molar-refractivity contribution in [3.05, 3.63) is 33.9 Å². The maximum atomic E-state index is 12.6. The summed E-state index contributed by atoms with van der Waals surface area (Å²) in [6, 6.07) is 2.66. The highest BCUT2D eigenvalue weighted by atomic mass is 19.4. The van der Waals surface area contributed by atoms with E-state index in [1.54, 1.807) is 0 Å². The van der Waals surface area contributed by atoms with E-state index in [4.69, 9.17) is 0 Å².